The third kappa shape index (κ3) is 5.40. The summed E-state index contributed by atoms with van der Waals surface area (Å²) in [4.78, 5) is 25.0. The lowest BCUT2D eigenvalue weighted by atomic mass is 10.1. The van der Waals surface area contributed by atoms with Crippen LogP contribution in [0, 0.1) is 6.92 Å². The van der Waals surface area contributed by atoms with Crippen LogP contribution >= 0.6 is 11.3 Å². The second kappa shape index (κ2) is 7.84. The predicted octanol–water partition coefficient (Wildman–Crippen LogP) is 3.02. The minimum absolute atomic E-state index is 0.194. The summed E-state index contributed by atoms with van der Waals surface area (Å²) in [6, 6.07) is 4.50. The first-order chi connectivity index (χ1) is 10.5. The second-order valence-electron chi connectivity index (χ2n) is 5.23. The van der Waals surface area contributed by atoms with Crippen molar-refractivity contribution in [3.8, 4) is 0 Å². The molecule has 0 fully saturated rings. The minimum Gasteiger partial charge on any atom is -0.352 e. The van der Waals surface area contributed by atoms with Gasteiger partial charge in [0, 0.05) is 17.8 Å². The van der Waals surface area contributed by atoms with E-state index in [0.717, 1.165) is 19.3 Å². The highest BCUT2D eigenvalue weighted by atomic mass is 32.1. The van der Waals surface area contributed by atoms with Crippen LogP contribution < -0.4 is 10.6 Å². The molecule has 1 unspecified atom stereocenters. The van der Waals surface area contributed by atoms with Crippen molar-refractivity contribution < 1.29 is 4.79 Å². The average molecular weight is 319 g/mol. The van der Waals surface area contributed by atoms with Crippen molar-refractivity contribution in [1.29, 1.82) is 0 Å². The van der Waals surface area contributed by atoms with E-state index in [1.165, 1.54) is 11.8 Å². The van der Waals surface area contributed by atoms with Crippen LogP contribution in [0.4, 0.5) is 11.9 Å². The van der Waals surface area contributed by atoms with Crippen molar-refractivity contribution in [2.24, 2.45) is 0 Å². The number of hydrogen-bond acceptors (Lipinski definition) is 6. The lowest BCUT2D eigenvalue weighted by Crippen LogP contribution is -2.19. The zero-order valence-electron chi connectivity index (χ0n) is 13.1. The molecule has 0 bridgehead atoms. The largest absolute Gasteiger partial charge is 0.352 e. The van der Waals surface area contributed by atoms with Crippen LogP contribution in [0.5, 0.6) is 0 Å². The molecule has 0 saturated carbocycles. The Morgan fingerprint density at radius 1 is 1.32 bits per heavy atom. The molecular formula is C15H21N5OS. The zero-order valence-corrected chi connectivity index (χ0v) is 13.9. The van der Waals surface area contributed by atoms with Gasteiger partial charge in [-0.15, -0.1) is 11.3 Å². The first-order valence-electron chi connectivity index (χ1n) is 7.32. The van der Waals surface area contributed by atoms with E-state index >= 15 is 0 Å². The normalized spacial score (nSPS) is 12.0. The summed E-state index contributed by atoms with van der Waals surface area (Å²) in [6.45, 7) is 5.31. The van der Waals surface area contributed by atoms with Crippen molar-refractivity contribution in [2.75, 3.05) is 10.6 Å². The number of thiophene rings is 1. The van der Waals surface area contributed by atoms with Crippen LogP contribution in [0.1, 0.15) is 37.4 Å². The molecule has 0 spiro atoms. The molecule has 0 aliphatic carbocycles. The van der Waals surface area contributed by atoms with Gasteiger partial charge in [0.2, 0.25) is 17.8 Å². The number of nitrogens with zero attached hydrogens (tertiary/aromatic N) is 3. The third-order valence-electron chi connectivity index (χ3n) is 3.05. The van der Waals surface area contributed by atoms with Crippen LogP contribution in [0.2, 0.25) is 0 Å². The van der Waals surface area contributed by atoms with Crippen molar-refractivity contribution in [3.63, 3.8) is 0 Å². The summed E-state index contributed by atoms with van der Waals surface area (Å²) in [6.07, 6.45) is 3.23. The molecule has 0 aliphatic rings. The van der Waals surface area contributed by atoms with Gasteiger partial charge in [0.15, 0.2) is 0 Å². The topological polar surface area (TPSA) is 79.8 Å². The van der Waals surface area contributed by atoms with Gasteiger partial charge in [-0.3, -0.25) is 10.1 Å². The molecule has 0 aromatic carbocycles. The fraction of sp³-hybridized carbons (Fsp3) is 0.467. The van der Waals surface area contributed by atoms with E-state index in [2.05, 4.69) is 50.0 Å². The van der Waals surface area contributed by atoms with Gasteiger partial charge in [-0.1, -0.05) is 6.07 Å². The fourth-order valence-corrected chi connectivity index (χ4v) is 2.84. The van der Waals surface area contributed by atoms with E-state index < -0.39 is 0 Å². The summed E-state index contributed by atoms with van der Waals surface area (Å²) in [5, 5.41) is 7.95. The van der Waals surface area contributed by atoms with E-state index in [1.807, 2.05) is 0 Å². The molecule has 7 heteroatoms. The number of aryl methyl sites for hydroxylation is 2. The number of amides is 1. The van der Waals surface area contributed by atoms with E-state index in [-0.39, 0.29) is 17.9 Å². The predicted molar refractivity (Wildman–Crippen MR) is 89.2 cm³/mol. The monoisotopic (exact) mass is 319 g/mol. The Balaban J connectivity index is 1.86. The van der Waals surface area contributed by atoms with Crippen molar-refractivity contribution in [3.05, 3.63) is 28.2 Å². The van der Waals surface area contributed by atoms with E-state index in [4.69, 9.17) is 0 Å². The quantitative estimate of drug-likeness (QED) is 0.820. The summed E-state index contributed by atoms with van der Waals surface area (Å²) in [7, 11) is 0. The molecule has 0 aliphatic heterocycles. The lowest BCUT2D eigenvalue weighted by molar-refractivity contribution is -0.114. The van der Waals surface area contributed by atoms with Gasteiger partial charge in [0.1, 0.15) is 5.82 Å². The van der Waals surface area contributed by atoms with Crippen LogP contribution in [-0.4, -0.2) is 26.9 Å². The minimum atomic E-state index is -0.194. The van der Waals surface area contributed by atoms with E-state index in [0.29, 0.717) is 11.8 Å². The molecule has 118 valence electrons. The number of anilines is 2. The van der Waals surface area contributed by atoms with E-state index in [9.17, 15) is 4.79 Å². The molecule has 0 radical (unpaired) electrons. The zero-order chi connectivity index (χ0) is 15.9. The molecule has 2 aromatic rings. The van der Waals surface area contributed by atoms with Gasteiger partial charge in [0.05, 0.1) is 0 Å². The standard InChI is InChI=1S/C15H21N5OS/c1-10(6-4-7-13-8-5-9-22-13)16-14-17-11(2)18-15(20-14)19-12(3)21/h5,8-10H,4,6-7H2,1-3H3,(H2,16,17,18,19,20,21). The fourth-order valence-electron chi connectivity index (χ4n) is 2.09. The maximum Gasteiger partial charge on any atom is 0.234 e. The highest BCUT2D eigenvalue weighted by molar-refractivity contribution is 7.09. The van der Waals surface area contributed by atoms with Gasteiger partial charge in [-0.05, 0) is 44.6 Å². The molecule has 2 heterocycles. The molecule has 1 atom stereocenters. The van der Waals surface area contributed by atoms with Crippen molar-refractivity contribution >= 4 is 29.1 Å². The summed E-state index contributed by atoms with van der Waals surface area (Å²) in [5.74, 6) is 1.17. The second-order valence-corrected chi connectivity index (χ2v) is 6.26. The summed E-state index contributed by atoms with van der Waals surface area (Å²) in [5.41, 5.74) is 0. The Morgan fingerprint density at radius 3 is 2.77 bits per heavy atom. The number of hydrogen-bond donors (Lipinski definition) is 2. The molecule has 1 amide bonds. The Hall–Kier alpha value is -2.02. The lowest BCUT2D eigenvalue weighted by Gasteiger charge is -2.14. The Labute approximate surface area is 134 Å². The van der Waals surface area contributed by atoms with Gasteiger partial charge < -0.3 is 5.32 Å². The SMILES string of the molecule is CC(=O)Nc1nc(C)nc(NC(C)CCCc2cccs2)n1. The van der Waals surface area contributed by atoms with Crippen molar-refractivity contribution in [1.82, 2.24) is 15.0 Å². The maximum atomic E-state index is 11.1. The van der Waals surface area contributed by atoms with E-state index in [1.54, 1.807) is 18.3 Å². The maximum absolute atomic E-state index is 11.1. The van der Waals surface area contributed by atoms with Crippen molar-refractivity contribution in [2.45, 2.75) is 46.1 Å². The molecule has 6 nitrogen and oxygen atoms in total. The number of rotatable bonds is 7. The van der Waals surface area contributed by atoms with Gasteiger partial charge in [-0.2, -0.15) is 15.0 Å². The summed E-state index contributed by atoms with van der Waals surface area (Å²) < 4.78 is 0. The Morgan fingerprint density at radius 2 is 2.09 bits per heavy atom. The molecule has 0 saturated heterocycles. The first kappa shape index (κ1) is 16.4. The van der Waals surface area contributed by atoms with Gasteiger partial charge >= 0.3 is 0 Å². The number of carbonyl (C=O) groups is 1. The van der Waals surface area contributed by atoms with Crippen LogP contribution in [0.15, 0.2) is 17.5 Å². The van der Waals surface area contributed by atoms with Crippen LogP contribution in [0.3, 0.4) is 0 Å². The highest BCUT2D eigenvalue weighted by Gasteiger charge is 2.08. The van der Waals surface area contributed by atoms with Gasteiger partial charge in [0.25, 0.3) is 0 Å². The molecule has 22 heavy (non-hydrogen) atoms. The van der Waals surface area contributed by atoms with Crippen LogP contribution in [0.25, 0.3) is 0 Å². The summed E-state index contributed by atoms with van der Waals surface area (Å²) >= 11 is 1.79. The number of aromatic nitrogens is 3. The average Bonchev–Trinajstić information content (AvgIpc) is 2.90. The third-order valence-corrected chi connectivity index (χ3v) is 3.99. The highest BCUT2D eigenvalue weighted by Crippen LogP contribution is 2.14. The Bertz CT molecular complexity index is 614. The molecule has 2 N–H and O–H groups in total. The molecule has 2 aromatic heterocycles. The Kier molecular flexibility index (Phi) is 5.83. The first-order valence-corrected chi connectivity index (χ1v) is 8.20. The number of nitrogens with one attached hydrogen (secondary N) is 2. The van der Waals surface area contributed by atoms with Gasteiger partial charge in [-0.25, -0.2) is 0 Å². The molecule has 2 rings (SSSR count). The smallest absolute Gasteiger partial charge is 0.234 e. The van der Waals surface area contributed by atoms with Crippen LogP contribution in [-0.2, 0) is 11.2 Å². The number of carbonyl (C=O) groups excluding carboxylic acids is 1. The molecular weight excluding hydrogens is 298 g/mol.